The molecule has 5 nitrogen and oxygen atoms in total. The lowest BCUT2D eigenvalue weighted by molar-refractivity contribution is -0.115. The van der Waals surface area contributed by atoms with E-state index in [2.05, 4.69) is 36.5 Å². The first-order valence-electron chi connectivity index (χ1n) is 7.38. The van der Waals surface area contributed by atoms with Gasteiger partial charge in [0.1, 0.15) is 5.82 Å². The molecule has 2 N–H and O–H groups in total. The number of hydrogen-bond donors (Lipinski definition) is 2. The summed E-state index contributed by atoms with van der Waals surface area (Å²) >= 11 is 10.6. The van der Waals surface area contributed by atoms with Crippen LogP contribution in [-0.2, 0) is 11.2 Å². The first kappa shape index (κ1) is 17.8. The number of pyridine rings is 1. The second-order valence-corrected chi connectivity index (χ2v) is 7.53. The van der Waals surface area contributed by atoms with Crippen molar-refractivity contribution in [1.29, 1.82) is 0 Å². The fourth-order valence-corrected chi connectivity index (χ4v) is 3.44. The average molecular weight is 438 g/mol. The van der Waals surface area contributed by atoms with Gasteiger partial charge >= 0.3 is 0 Å². The number of carbonyl (C=O) groups is 1. The summed E-state index contributed by atoms with van der Waals surface area (Å²) in [5.41, 5.74) is 2.50. The van der Waals surface area contributed by atoms with Crippen molar-refractivity contribution in [1.82, 2.24) is 9.97 Å². The van der Waals surface area contributed by atoms with Gasteiger partial charge in [-0.25, -0.2) is 9.97 Å². The number of nitrogens with one attached hydrogen (secondary N) is 2. The number of rotatable bonds is 5. The van der Waals surface area contributed by atoms with E-state index in [0.717, 1.165) is 15.7 Å². The lowest BCUT2D eigenvalue weighted by Crippen LogP contribution is -2.15. The summed E-state index contributed by atoms with van der Waals surface area (Å²) < 4.78 is 0.981. The predicted molar refractivity (Wildman–Crippen MR) is 106 cm³/mol. The molecule has 0 spiro atoms. The number of carbonyl (C=O) groups excluding carboxylic acids is 1. The molecule has 0 bridgehead atoms. The van der Waals surface area contributed by atoms with Gasteiger partial charge in [-0.2, -0.15) is 0 Å². The van der Waals surface area contributed by atoms with Crippen LogP contribution in [0.4, 0.5) is 16.6 Å². The van der Waals surface area contributed by atoms with Crippen LogP contribution in [0.1, 0.15) is 11.3 Å². The van der Waals surface area contributed by atoms with Crippen molar-refractivity contribution in [2.24, 2.45) is 0 Å². The van der Waals surface area contributed by atoms with Crippen molar-refractivity contribution in [3.63, 3.8) is 0 Å². The van der Waals surface area contributed by atoms with Crippen LogP contribution in [0.5, 0.6) is 0 Å². The van der Waals surface area contributed by atoms with Crippen LogP contribution in [0.15, 0.2) is 46.4 Å². The van der Waals surface area contributed by atoms with Crippen LogP contribution >= 0.6 is 38.9 Å². The van der Waals surface area contributed by atoms with E-state index in [1.165, 1.54) is 11.3 Å². The van der Waals surface area contributed by atoms with Gasteiger partial charge in [0, 0.05) is 21.7 Å². The predicted octanol–water partition coefficient (Wildman–Crippen LogP) is 5.19. The van der Waals surface area contributed by atoms with Crippen molar-refractivity contribution < 1.29 is 4.79 Å². The molecule has 0 radical (unpaired) electrons. The third kappa shape index (κ3) is 5.01. The molecule has 0 fully saturated rings. The highest BCUT2D eigenvalue weighted by atomic mass is 79.9. The van der Waals surface area contributed by atoms with Gasteiger partial charge in [0.25, 0.3) is 0 Å². The maximum Gasteiger partial charge on any atom is 0.230 e. The maximum absolute atomic E-state index is 12.2. The van der Waals surface area contributed by atoms with Crippen molar-refractivity contribution in [2.75, 3.05) is 10.6 Å². The SMILES string of the molecule is Cc1cc(Br)ccc1NC(=O)Cc1csc(Nc2ccc(Cl)cn2)n1. The molecule has 3 rings (SSSR count). The Morgan fingerprint density at radius 1 is 1.32 bits per heavy atom. The third-order valence-electron chi connectivity index (χ3n) is 3.32. The molecule has 3 aromatic rings. The second-order valence-electron chi connectivity index (χ2n) is 5.31. The van der Waals surface area contributed by atoms with Crippen LogP contribution < -0.4 is 10.6 Å². The number of aromatic nitrogens is 2. The molecule has 128 valence electrons. The lowest BCUT2D eigenvalue weighted by atomic mass is 10.2. The zero-order chi connectivity index (χ0) is 17.8. The molecule has 1 aromatic carbocycles. The van der Waals surface area contributed by atoms with E-state index >= 15 is 0 Å². The zero-order valence-corrected chi connectivity index (χ0v) is 16.4. The minimum absolute atomic E-state index is 0.105. The van der Waals surface area contributed by atoms with E-state index in [1.54, 1.807) is 18.3 Å². The van der Waals surface area contributed by atoms with E-state index in [1.807, 2.05) is 30.5 Å². The average Bonchev–Trinajstić information content (AvgIpc) is 2.99. The zero-order valence-electron chi connectivity index (χ0n) is 13.2. The summed E-state index contributed by atoms with van der Waals surface area (Å²) in [6, 6.07) is 9.25. The fraction of sp³-hybridized carbons (Fsp3) is 0.118. The Balaban J connectivity index is 1.60. The number of hydrogen-bond acceptors (Lipinski definition) is 5. The Bertz CT molecular complexity index is 898. The van der Waals surface area contributed by atoms with Crippen LogP contribution in [0.25, 0.3) is 0 Å². The molecular formula is C17H14BrClN4OS. The normalized spacial score (nSPS) is 10.5. The second kappa shape index (κ2) is 7.95. The third-order valence-corrected chi connectivity index (χ3v) is 4.84. The maximum atomic E-state index is 12.2. The van der Waals surface area contributed by atoms with E-state index in [0.29, 0.717) is 21.7 Å². The monoisotopic (exact) mass is 436 g/mol. The summed E-state index contributed by atoms with van der Waals surface area (Å²) in [6.45, 7) is 1.95. The summed E-state index contributed by atoms with van der Waals surface area (Å²) in [6.07, 6.45) is 1.77. The Morgan fingerprint density at radius 3 is 2.88 bits per heavy atom. The van der Waals surface area contributed by atoms with Crippen LogP contribution in [0, 0.1) is 6.92 Å². The summed E-state index contributed by atoms with van der Waals surface area (Å²) in [7, 11) is 0. The Labute approximate surface area is 162 Å². The summed E-state index contributed by atoms with van der Waals surface area (Å²) in [5.74, 6) is 0.548. The van der Waals surface area contributed by atoms with E-state index in [9.17, 15) is 4.79 Å². The molecule has 0 aliphatic rings. The smallest absolute Gasteiger partial charge is 0.230 e. The molecule has 0 saturated carbocycles. The topological polar surface area (TPSA) is 66.9 Å². The minimum Gasteiger partial charge on any atom is -0.326 e. The van der Waals surface area contributed by atoms with Gasteiger partial charge in [-0.05, 0) is 42.8 Å². The minimum atomic E-state index is -0.105. The number of thiazole rings is 1. The lowest BCUT2D eigenvalue weighted by Gasteiger charge is -2.08. The van der Waals surface area contributed by atoms with Gasteiger partial charge in [0.2, 0.25) is 5.91 Å². The number of benzene rings is 1. The summed E-state index contributed by atoms with van der Waals surface area (Å²) in [5, 5.41) is 9.11. The largest absolute Gasteiger partial charge is 0.326 e. The van der Waals surface area contributed by atoms with Crippen LogP contribution in [-0.4, -0.2) is 15.9 Å². The van der Waals surface area contributed by atoms with Crippen molar-refractivity contribution in [3.05, 3.63) is 62.7 Å². The van der Waals surface area contributed by atoms with Gasteiger partial charge in [0.15, 0.2) is 5.13 Å². The first-order valence-corrected chi connectivity index (χ1v) is 9.43. The van der Waals surface area contributed by atoms with Crippen molar-refractivity contribution in [3.8, 4) is 0 Å². The van der Waals surface area contributed by atoms with Crippen LogP contribution in [0.2, 0.25) is 5.02 Å². The number of nitrogens with zero attached hydrogens (tertiary/aromatic N) is 2. The highest BCUT2D eigenvalue weighted by molar-refractivity contribution is 9.10. The van der Waals surface area contributed by atoms with E-state index in [4.69, 9.17) is 11.6 Å². The van der Waals surface area contributed by atoms with Crippen molar-refractivity contribution in [2.45, 2.75) is 13.3 Å². The number of amides is 1. The van der Waals surface area contributed by atoms with Crippen LogP contribution in [0.3, 0.4) is 0 Å². The van der Waals surface area contributed by atoms with Gasteiger partial charge in [0.05, 0.1) is 17.1 Å². The molecule has 0 unspecified atom stereocenters. The molecule has 0 aliphatic heterocycles. The van der Waals surface area contributed by atoms with Gasteiger partial charge in [-0.3, -0.25) is 4.79 Å². The molecule has 0 aliphatic carbocycles. The highest BCUT2D eigenvalue weighted by Gasteiger charge is 2.10. The quantitative estimate of drug-likeness (QED) is 0.576. The highest BCUT2D eigenvalue weighted by Crippen LogP contribution is 2.22. The molecule has 1 amide bonds. The van der Waals surface area contributed by atoms with Gasteiger partial charge < -0.3 is 10.6 Å². The number of anilines is 3. The molecule has 2 heterocycles. The van der Waals surface area contributed by atoms with Crippen molar-refractivity contribution >= 4 is 61.4 Å². The number of aryl methyl sites for hydroxylation is 1. The molecule has 0 atom stereocenters. The summed E-state index contributed by atoms with van der Waals surface area (Å²) in [4.78, 5) is 20.8. The van der Waals surface area contributed by atoms with Gasteiger partial charge in [-0.15, -0.1) is 11.3 Å². The molecular weight excluding hydrogens is 424 g/mol. The Kier molecular flexibility index (Phi) is 5.67. The number of halogens is 2. The Morgan fingerprint density at radius 2 is 2.16 bits per heavy atom. The molecule has 25 heavy (non-hydrogen) atoms. The molecule has 8 heteroatoms. The Hall–Kier alpha value is -1.96. The fourth-order valence-electron chi connectivity index (χ4n) is 2.13. The first-order chi connectivity index (χ1) is 12.0. The van der Waals surface area contributed by atoms with E-state index in [-0.39, 0.29) is 12.3 Å². The van der Waals surface area contributed by atoms with Gasteiger partial charge in [-0.1, -0.05) is 27.5 Å². The molecule has 2 aromatic heterocycles. The van der Waals surface area contributed by atoms with E-state index < -0.39 is 0 Å². The molecule has 0 saturated heterocycles. The standard InChI is InChI=1S/C17H14BrClN4OS/c1-10-6-11(18)2-4-14(10)22-16(24)7-13-9-25-17(21-13)23-15-5-3-12(19)8-20-15/h2-6,8-9H,7H2,1H3,(H,22,24)(H,20,21,23).